The van der Waals surface area contributed by atoms with E-state index in [2.05, 4.69) is 13.8 Å². The fraction of sp³-hybridized carbons (Fsp3) is 0.667. The predicted molar refractivity (Wildman–Crippen MR) is 220 cm³/mol. The lowest BCUT2D eigenvalue weighted by atomic mass is 9.54. The maximum absolute atomic E-state index is 13.0. The molecule has 10 atom stereocenters. The molecule has 322 valence electrons. The zero-order valence-electron chi connectivity index (χ0n) is 35.3. The molecule has 6 aliphatic carbocycles. The number of rotatable bonds is 13. The van der Waals surface area contributed by atoms with Crippen LogP contribution >= 0.6 is 0 Å². The highest BCUT2D eigenvalue weighted by Gasteiger charge is 2.59. The number of benzene rings is 2. The lowest BCUT2D eigenvalue weighted by molar-refractivity contribution is -0.138. The van der Waals surface area contributed by atoms with Gasteiger partial charge in [0.25, 0.3) is 0 Å². The molecule has 0 radical (unpaired) electrons. The second-order valence-corrected chi connectivity index (χ2v) is 19.0. The van der Waals surface area contributed by atoms with Crippen LogP contribution in [0.25, 0.3) is 0 Å². The zero-order valence-corrected chi connectivity index (χ0v) is 35.3. The summed E-state index contributed by atoms with van der Waals surface area (Å²) in [6, 6.07) is 7.71. The van der Waals surface area contributed by atoms with Gasteiger partial charge in [0.2, 0.25) is 0 Å². The van der Waals surface area contributed by atoms with E-state index in [-0.39, 0.29) is 41.1 Å². The average molecular weight is 817 g/mol. The molecule has 2 aromatic carbocycles. The number of phenols is 2. The van der Waals surface area contributed by atoms with Gasteiger partial charge in [-0.1, -0.05) is 13.8 Å². The minimum atomic E-state index is -0.763. The monoisotopic (exact) mass is 816 g/mol. The first-order valence-electron chi connectivity index (χ1n) is 22.1. The van der Waals surface area contributed by atoms with Gasteiger partial charge >= 0.3 is 11.9 Å². The molecular weight excluding hydrogens is 753 g/mol. The van der Waals surface area contributed by atoms with E-state index in [1.165, 1.54) is 22.3 Å². The van der Waals surface area contributed by atoms with E-state index in [0.717, 1.165) is 64.2 Å². The minimum Gasteiger partial charge on any atom is -0.504 e. The number of aryl methyl sites for hydroxylation is 2. The number of hydrogen-bond donors (Lipinski definition) is 4. The Hall–Kier alpha value is -4.12. The summed E-state index contributed by atoms with van der Waals surface area (Å²) in [5, 5.41) is 38.6. The van der Waals surface area contributed by atoms with Gasteiger partial charge in [-0.25, -0.2) is 0 Å². The van der Waals surface area contributed by atoms with Crippen LogP contribution in [0, 0.1) is 46.3 Å². The number of carboxylic acids is 2. The van der Waals surface area contributed by atoms with Gasteiger partial charge in [-0.2, -0.15) is 0 Å². The van der Waals surface area contributed by atoms with Crippen LogP contribution in [0.15, 0.2) is 24.3 Å². The summed E-state index contributed by atoms with van der Waals surface area (Å²) in [4.78, 5) is 47.9. The fourth-order valence-corrected chi connectivity index (χ4v) is 13.4. The van der Waals surface area contributed by atoms with Gasteiger partial charge in [-0.3, -0.25) is 19.2 Å². The van der Waals surface area contributed by atoms with E-state index >= 15 is 0 Å². The predicted octanol–water partition coefficient (Wildman–Crippen LogP) is 8.63. The lowest BCUT2D eigenvalue weighted by Gasteiger charge is -2.50. The van der Waals surface area contributed by atoms with Crippen molar-refractivity contribution in [2.75, 3.05) is 27.4 Å². The maximum atomic E-state index is 13.0. The molecule has 4 N–H and O–H groups in total. The van der Waals surface area contributed by atoms with Gasteiger partial charge in [0.1, 0.15) is 18.2 Å². The van der Waals surface area contributed by atoms with Crippen LogP contribution in [0.1, 0.15) is 138 Å². The molecule has 0 saturated heterocycles. The van der Waals surface area contributed by atoms with Gasteiger partial charge in [-0.05, 0) is 171 Å². The Kier molecular flexibility index (Phi) is 12.7. The van der Waals surface area contributed by atoms with Crippen molar-refractivity contribution in [2.45, 2.75) is 128 Å². The van der Waals surface area contributed by atoms with E-state index < -0.39 is 11.9 Å². The first-order valence-corrected chi connectivity index (χ1v) is 22.1. The number of methoxy groups -OCH3 is 2. The van der Waals surface area contributed by atoms with Crippen LogP contribution in [0.2, 0.25) is 0 Å². The average Bonchev–Trinajstić information content (AvgIpc) is 3.61. The number of aliphatic carboxylic acids is 2. The molecule has 0 aromatic heterocycles. The van der Waals surface area contributed by atoms with Gasteiger partial charge in [0.05, 0.1) is 13.7 Å². The first-order chi connectivity index (χ1) is 28.2. The van der Waals surface area contributed by atoms with Crippen LogP contribution in [0.3, 0.4) is 0 Å². The summed E-state index contributed by atoms with van der Waals surface area (Å²) in [6.07, 6.45) is 12.1. The lowest BCUT2D eigenvalue weighted by Crippen LogP contribution is -2.44. The Balaban J connectivity index is 0.000000180. The number of fused-ring (bicyclic) bond motifs is 10. The Bertz CT molecular complexity index is 1920. The summed E-state index contributed by atoms with van der Waals surface area (Å²) >= 11 is 0. The highest BCUT2D eigenvalue weighted by molar-refractivity contribution is 5.88. The topological polar surface area (TPSA) is 177 Å². The van der Waals surface area contributed by atoms with Crippen molar-refractivity contribution in [3.63, 3.8) is 0 Å². The molecule has 0 spiro atoms. The van der Waals surface area contributed by atoms with Crippen molar-refractivity contribution in [1.82, 2.24) is 0 Å². The molecule has 0 aliphatic heterocycles. The molecule has 6 aliphatic rings. The Morgan fingerprint density at radius 2 is 1.14 bits per heavy atom. The molecule has 0 unspecified atom stereocenters. The molecule has 0 bridgehead atoms. The van der Waals surface area contributed by atoms with Crippen molar-refractivity contribution in [3.05, 3.63) is 46.5 Å². The largest absolute Gasteiger partial charge is 0.504 e. The third-order valence-corrected chi connectivity index (χ3v) is 16.0. The number of hydrogen-bond acceptors (Lipinski definition) is 9. The van der Waals surface area contributed by atoms with Gasteiger partial charge in [0, 0.05) is 43.6 Å². The number of phenolic OH excluding ortho intramolecular Hbond substituents is 2. The molecule has 8 rings (SSSR count). The van der Waals surface area contributed by atoms with Gasteiger partial charge in [0.15, 0.2) is 23.0 Å². The van der Waals surface area contributed by atoms with E-state index in [1.807, 2.05) is 24.3 Å². The third kappa shape index (κ3) is 8.21. The SMILES string of the molecule is COCCOc1cc2c(cc1O)CC[C@H]1[C@@H]3[C@@H](CCCC(=O)O)CC(=O)[C@@]3(C)CC[C@H]21.COc1cc2c(cc1O)CC[C@H]1[C@@H]3[C@@H](CCCC(=O)O)CC(=O)[C@@]3(C)CC[C@H]21. The number of ether oxygens (including phenoxy) is 3. The normalized spacial score (nSPS) is 32.6. The van der Waals surface area contributed by atoms with Crippen LogP contribution in [-0.2, 0) is 36.8 Å². The van der Waals surface area contributed by atoms with E-state index in [0.29, 0.717) is 103 Å². The van der Waals surface area contributed by atoms with Crippen LogP contribution in [-0.4, -0.2) is 71.4 Å². The van der Waals surface area contributed by atoms with Crippen molar-refractivity contribution in [1.29, 1.82) is 0 Å². The number of carboxylic acid groups (broad SMARTS) is 2. The van der Waals surface area contributed by atoms with Crippen molar-refractivity contribution >= 4 is 23.5 Å². The second-order valence-electron chi connectivity index (χ2n) is 19.0. The highest BCUT2D eigenvalue weighted by Crippen LogP contribution is 2.64. The Morgan fingerprint density at radius 3 is 1.58 bits per heavy atom. The zero-order chi connectivity index (χ0) is 42.2. The summed E-state index contributed by atoms with van der Waals surface area (Å²) < 4.78 is 16.2. The van der Waals surface area contributed by atoms with Crippen LogP contribution in [0.4, 0.5) is 0 Å². The Labute approximate surface area is 348 Å². The second kappa shape index (κ2) is 17.5. The van der Waals surface area contributed by atoms with Gasteiger partial charge < -0.3 is 34.6 Å². The highest BCUT2D eigenvalue weighted by atomic mass is 16.5. The maximum Gasteiger partial charge on any atom is 0.303 e. The number of ketones is 2. The van der Waals surface area contributed by atoms with Crippen LogP contribution in [0.5, 0.6) is 23.0 Å². The summed E-state index contributed by atoms with van der Waals surface area (Å²) in [5.41, 5.74) is 4.39. The van der Waals surface area contributed by atoms with Crippen molar-refractivity contribution in [2.24, 2.45) is 46.3 Å². The number of carbonyl (C=O) groups is 4. The Morgan fingerprint density at radius 1 is 0.678 bits per heavy atom. The summed E-state index contributed by atoms with van der Waals surface area (Å²) in [7, 11) is 3.20. The van der Waals surface area contributed by atoms with Crippen molar-refractivity contribution < 1.29 is 53.8 Å². The van der Waals surface area contributed by atoms with E-state index in [1.54, 1.807) is 14.2 Å². The molecule has 11 heteroatoms. The van der Waals surface area contributed by atoms with E-state index in [9.17, 15) is 29.4 Å². The molecule has 2 aromatic rings. The summed E-state index contributed by atoms with van der Waals surface area (Å²) in [6.45, 7) is 5.15. The number of Topliss-reactive ketones (excluding diaryl/α,β-unsaturated/α-hetero) is 2. The number of aromatic hydroxyl groups is 2. The molecule has 4 saturated carbocycles. The molecule has 0 heterocycles. The molecule has 4 fully saturated rings. The van der Waals surface area contributed by atoms with Gasteiger partial charge in [-0.15, -0.1) is 0 Å². The minimum absolute atomic E-state index is 0.173. The molecular formula is C48H64O11. The number of carbonyl (C=O) groups excluding carboxylic acids is 2. The molecule has 59 heavy (non-hydrogen) atoms. The smallest absolute Gasteiger partial charge is 0.303 e. The standard InChI is InChI=1S/C25H34O6.C23H30O5/c1-25-9-8-17-18(24(25)16(13-22(25)27)4-3-5-23(28)29)7-6-15-12-20(26)21(14-19(15)17)31-11-10-30-2;1-23-9-8-15-16(7-6-13-10-18(24)19(28-2)12-17(13)15)22(23)14(11-20(23)25)4-3-5-21(26)27/h12,14,16-18,24,26H,3-11,13H2,1-2H3,(H,28,29);10,12,14-16,22,24H,3-9,11H2,1-2H3,(H,26,27)/t16-,17-,18+,24-,25+;14-,15-,16+,22-,23+/m00/s1. The molecule has 0 amide bonds. The van der Waals surface area contributed by atoms with Crippen LogP contribution < -0.4 is 9.47 Å². The quantitative estimate of drug-likeness (QED) is 0.142. The summed E-state index contributed by atoms with van der Waals surface area (Å²) in [5.74, 6) is 3.47. The first kappa shape index (κ1) is 43.0. The van der Waals surface area contributed by atoms with Crippen molar-refractivity contribution in [3.8, 4) is 23.0 Å². The fourth-order valence-electron chi connectivity index (χ4n) is 13.4. The third-order valence-electron chi connectivity index (χ3n) is 16.0. The molecule has 11 nitrogen and oxygen atoms in total. The van der Waals surface area contributed by atoms with E-state index in [4.69, 9.17) is 24.4 Å².